The molecule has 28 heavy (non-hydrogen) atoms. The summed E-state index contributed by atoms with van der Waals surface area (Å²) >= 11 is 1.37. The Balaban J connectivity index is 1.36. The van der Waals surface area contributed by atoms with Gasteiger partial charge in [0.2, 0.25) is 11.0 Å². The number of tetrazole rings is 1. The number of piperidine rings is 1. The third kappa shape index (κ3) is 4.09. The summed E-state index contributed by atoms with van der Waals surface area (Å²) in [6.07, 6.45) is 1.98. The zero-order valence-corrected chi connectivity index (χ0v) is 16.0. The highest BCUT2D eigenvalue weighted by atomic mass is 32.1. The van der Waals surface area contributed by atoms with Crippen molar-refractivity contribution >= 4 is 22.4 Å². The SMILES string of the molecule is Cc1ccccc1OC1CCN(c2nnc(-c3nnn(CC(=O)O)n3)s2)CC1. The van der Waals surface area contributed by atoms with Crippen LogP contribution in [-0.4, -0.2) is 60.7 Å². The number of rotatable bonds is 6. The minimum atomic E-state index is -1.03. The maximum atomic E-state index is 10.7. The van der Waals surface area contributed by atoms with E-state index in [9.17, 15) is 4.79 Å². The molecule has 0 bridgehead atoms. The number of carboxylic acids is 1. The van der Waals surface area contributed by atoms with Gasteiger partial charge in [-0.05, 0) is 23.8 Å². The summed E-state index contributed by atoms with van der Waals surface area (Å²) in [5, 5.41) is 30.0. The monoisotopic (exact) mass is 401 g/mol. The van der Waals surface area contributed by atoms with Crippen molar-refractivity contribution in [3.05, 3.63) is 29.8 Å². The molecule has 0 aliphatic carbocycles. The molecule has 2 aromatic heterocycles. The summed E-state index contributed by atoms with van der Waals surface area (Å²) < 4.78 is 6.14. The number of carboxylic acid groups (broad SMARTS) is 1. The van der Waals surface area contributed by atoms with Gasteiger partial charge in [-0.25, -0.2) is 0 Å². The zero-order valence-electron chi connectivity index (χ0n) is 15.2. The van der Waals surface area contributed by atoms with E-state index in [0.29, 0.717) is 5.01 Å². The van der Waals surface area contributed by atoms with Crippen LogP contribution >= 0.6 is 11.3 Å². The maximum Gasteiger partial charge on any atom is 0.327 e. The van der Waals surface area contributed by atoms with Crippen LogP contribution in [0.25, 0.3) is 10.8 Å². The fraction of sp³-hybridized carbons (Fsp3) is 0.412. The second kappa shape index (κ2) is 7.89. The lowest BCUT2D eigenvalue weighted by molar-refractivity contribution is -0.138. The van der Waals surface area contributed by atoms with Crippen LogP contribution in [0.5, 0.6) is 5.75 Å². The summed E-state index contributed by atoms with van der Waals surface area (Å²) in [4.78, 5) is 13.9. The molecule has 0 spiro atoms. The molecule has 4 rings (SSSR count). The van der Waals surface area contributed by atoms with Crippen molar-refractivity contribution in [3.63, 3.8) is 0 Å². The number of ether oxygens (including phenoxy) is 1. The first kappa shape index (κ1) is 18.3. The van der Waals surface area contributed by atoms with Crippen LogP contribution in [0.4, 0.5) is 5.13 Å². The van der Waals surface area contributed by atoms with Crippen LogP contribution in [0.1, 0.15) is 18.4 Å². The summed E-state index contributed by atoms with van der Waals surface area (Å²) in [5.74, 6) is 0.190. The predicted octanol–water partition coefficient (Wildman–Crippen LogP) is 1.63. The lowest BCUT2D eigenvalue weighted by Crippen LogP contribution is -2.38. The molecule has 0 amide bonds. The van der Waals surface area contributed by atoms with E-state index >= 15 is 0 Å². The smallest absolute Gasteiger partial charge is 0.327 e. The van der Waals surface area contributed by atoms with E-state index in [-0.39, 0.29) is 18.5 Å². The quantitative estimate of drug-likeness (QED) is 0.657. The second-order valence-corrected chi connectivity index (χ2v) is 7.45. The van der Waals surface area contributed by atoms with Gasteiger partial charge in [-0.15, -0.1) is 20.4 Å². The number of para-hydroxylation sites is 1. The molecule has 0 unspecified atom stereocenters. The summed E-state index contributed by atoms with van der Waals surface area (Å²) in [6, 6.07) is 8.05. The van der Waals surface area contributed by atoms with E-state index in [2.05, 4.69) is 30.5 Å². The lowest BCUT2D eigenvalue weighted by Gasteiger charge is -2.31. The number of aromatic nitrogens is 6. The van der Waals surface area contributed by atoms with Gasteiger partial charge in [-0.2, -0.15) is 4.80 Å². The van der Waals surface area contributed by atoms with Crippen molar-refractivity contribution in [2.24, 2.45) is 0 Å². The topological polar surface area (TPSA) is 119 Å². The van der Waals surface area contributed by atoms with E-state index in [0.717, 1.165) is 47.2 Å². The standard InChI is InChI=1S/C17H19N7O3S/c1-11-4-2-3-5-13(11)27-12-6-8-23(9-7-12)17-20-19-16(28-17)15-18-22-24(21-15)10-14(25)26/h2-5,12H,6-10H2,1H3,(H,25,26). The van der Waals surface area contributed by atoms with Gasteiger partial charge in [0.05, 0.1) is 0 Å². The first-order chi connectivity index (χ1) is 13.6. The number of aliphatic carboxylic acids is 1. The summed E-state index contributed by atoms with van der Waals surface area (Å²) in [7, 11) is 0. The minimum Gasteiger partial charge on any atom is -0.490 e. The van der Waals surface area contributed by atoms with Gasteiger partial charge in [-0.3, -0.25) is 4.79 Å². The molecular formula is C17H19N7O3S. The third-order valence-corrected chi connectivity index (χ3v) is 5.41. The number of hydrogen-bond donors (Lipinski definition) is 1. The number of anilines is 1. The van der Waals surface area contributed by atoms with Crippen molar-refractivity contribution in [1.29, 1.82) is 0 Å². The van der Waals surface area contributed by atoms with Crippen LogP contribution in [0.3, 0.4) is 0 Å². The Bertz CT molecular complexity index is 965. The Kier molecular flexibility index (Phi) is 5.15. The van der Waals surface area contributed by atoms with Crippen molar-refractivity contribution < 1.29 is 14.6 Å². The highest BCUT2D eigenvalue weighted by molar-refractivity contribution is 7.18. The molecule has 1 aromatic carbocycles. The Morgan fingerprint density at radius 1 is 1.25 bits per heavy atom. The normalized spacial score (nSPS) is 15.0. The Labute approximate surface area is 164 Å². The van der Waals surface area contributed by atoms with E-state index in [1.54, 1.807) is 0 Å². The Morgan fingerprint density at radius 2 is 2.04 bits per heavy atom. The van der Waals surface area contributed by atoms with Crippen LogP contribution in [0, 0.1) is 6.92 Å². The maximum absolute atomic E-state index is 10.7. The van der Waals surface area contributed by atoms with Gasteiger partial charge in [-0.1, -0.05) is 29.5 Å². The van der Waals surface area contributed by atoms with E-state index < -0.39 is 5.97 Å². The predicted molar refractivity (Wildman–Crippen MR) is 101 cm³/mol. The molecule has 0 radical (unpaired) electrons. The number of carbonyl (C=O) groups is 1. The molecule has 0 atom stereocenters. The average molecular weight is 401 g/mol. The number of nitrogens with zero attached hydrogens (tertiary/aromatic N) is 7. The number of benzene rings is 1. The third-order valence-electron chi connectivity index (χ3n) is 4.43. The minimum absolute atomic E-state index is 0.183. The van der Waals surface area contributed by atoms with Gasteiger partial charge < -0.3 is 14.7 Å². The van der Waals surface area contributed by atoms with E-state index in [1.165, 1.54) is 11.3 Å². The molecule has 10 nitrogen and oxygen atoms in total. The molecule has 146 valence electrons. The molecular weight excluding hydrogens is 382 g/mol. The summed E-state index contributed by atoms with van der Waals surface area (Å²) in [6.45, 7) is 3.36. The highest BCUT2D eigenvalue weighted by Crippen LogP contribution is 2.29. The first-order valence-corrected chi connectivity index (χ1v) is 9.71. The zero-order chi connectivity index (χ0) is 19.5. The van der Waals surface area contributed by atoms with Crippen molar-refractivity contribution in [1.82, 2.24) is 30.4 Å². The van der Waals surface area contributed by atoms with E-state index in [1.807, 2.05) is 31.2 Å². The molecule has 1 aliphatic rings. The summed E-state index contributed by atoms with van der Waals surface area (Å²) in [5.41, 5.74) is 1.14. The average Bonchev–Trinajstić information content (AvgIpc) is 3.33. The second-order valence-electron chi connectivity index (χ2n) is 6.50. The first-order valence-electron chi connectivity index (χ1n) is 8.89. The van der Waals surface area contributed by atoms with Crippen LogP contribution < -0.4 is 9.64 Å². The fourth-order valence-corrected chi connectivity index (χ4v) is 3.80. The largest absolute Gasteiger partial charge is 0.490 e. The lowest BCUT2D eigenvalue weighted by atomic mass is 10.1. The Hall–Kier alpha value is -3.08. The van der Waals surface area contributed by atoms with Gasteiger partial charge >= 0.3 is 5.97 Å². The van der Waals surface area contributed by atoms with Gasteiger partial charge in [0.15, 0.2) is 11.6 Å². The van der Waals surface area contributed by atoms with Gasteiger partial charge in [0, 0.05) is 25.9 Å². The molecule has 3 heterocycles. The highest BCUT2D eigenvalue weighted by Gasteiger charge is 2.24. The molecule has 3 aromatic rings. The van der Waals surface area contributed by atoms with Gasteiger partial charge in [0.25, 0.3) is 0 Å². The van der Waals surface area contributed by atoms with Crippen molar-refractivity contribution in [2.75, 3.05) is 18.0 Å². The fourth-order valence-electron chi connectivity index (χ4n) is 2.98. The molecule has 1 fully saturated rings. The van der Waals surface area contributed by atoms with Crippen molar-refractivity contribution in [3.8, 4) is 16.6 Å². The van der Waals surface area contributed by atoms with Gasteiger partial charge in [0.1, 0.15) is 11.9 Å². The molecule has 11 heteroatoms. The number of hydrogen-bond acceptors (Lipinski definition) is 9. The molecule has 1 saturated heterocycles. The molecule has 0 saturated carbocycles. The van der Waals surface area contributed by atoms with Crippen molar-refractivity contribution in [2.45, 2.75) is 32.4 Å². The van der Waals surface area contributed by atoms with E-state index in [4.69, 9.17) is 9.84 Å². The van der Waals surface area contributed by atoms with Crippen LogP contribution in [0.2, 0.25) is 0 Å². The van der Waals surface area contributed by atoms with Crippen LogP contribution in [0.15, 0.2) is 24.3 Å². The van der Waals surface area contributed by atoms with Crippen LogP contribution in [-0.2, 0) is 11.3 Å². The number of aryl methyl sites for hydroxylation is 1. The molecule has 1 N–H and O–H groups in total. The Morgan fingerprint density at radius 3 is 2.79 bits per heavy atom. The molecule has 1 aliphatic heterocycles.